The Hall–Kier alpha value is -2.93. The summed E-state index contributed by atoms with van der Waals surface area (Å²) in [5.74, 6) is 0.329. The highest BCUT2D eigenvalue weighted by Gasteiger charge is 2.32. The number of rotatable bonds is 11. The molecule has 1 heterocycles. The van der Waals surface area contributed by atoms with Gasteiger partial charge in [0.1, 0.15) is 0 Å². The summed E-state index contributed by atoms with van der Waals surface area (Å²) in [6.07, 6.45) is 2.45. The van der Waals surface area contributed by atoms with Crippen molar-refractivity contribution in [2.75, 3.05) is 26.2 Å². The molecule has 6 nitrogen and oxygen atoms in total. The van der Waals surface area contributed by atoms with Crippen LogP contribution in [-0.4, -0.2) is 61.0 Å². The van der Waals surface area contributed by atoms with Gasteiger partial charge in [0.15, 0.2) is 0 Å². The van der Waals surface area contributed by atoms with Crippen LogP contribution < -0.4 is 16.0 Å². The predicted octanol–water partition coefficient (Wildman–Crippen LogP) is 5.36. The van der Waals surface area contributed by atoms with Gasteiger partial charge in [-0.3, -0.25) is 9.59 Å². The Morgan fingerprint density at radius 3 is 2.56 bits per heavy atom. The van der Waals surface area contributed by atoms with Crippen molar-refractivity contribution in [3.05, 3.63) is 82.9 Å². The van der Waals surface area contributed by atoms with Crippen molar-refractivity contribution in [3.8, 4) is 0 Å². The second-order valence-electron chi connectivity index (χ2n) is 10.8. The van der Waals surface area contributed by atoms with Crippen LogP contribution in [0.1, 0.15) is 61.9 Å². The molecule has 1 fully saturated rings. The summed E-state index contributed by atoms with van der Waals surface area (Å²) in [6.45, 7) is 8.99. The van der Waals surface area contributed by atoms with E-state index in [2.05, 4.69) is 61.0 Å². The highest BCUT2D eigenvalue weighted by Crippen LogP contribution is 2.23. The first-order chi connectivity index (χ1) is 18.8. The van der Waals surface area contributed by atoms with Crippen molar-refractivity contribution < 1.29 is 9.59 Å². The van der Waals surface area contributed by atoms with E-state index in [1.165, 1.54) is 5.56 Å². The molecule has 0 spiro atoms. The Morgan fingerprint density at radius 1 is 1.08 bits per heavy atom. The standard InChI is InChI=1S/C32H41ClN4O2/c1-4-23(24-8-6-5-7-9-24)21-37-17-15-29(36-30(32(37)39)14-16-34-22(2)3)20-35-31(38)27-11-10-26-19-28(33)13-12-25(26)18-27/h5-13,18-19,22-23,29-30,34,36H,4,14-17,20-21H2,1-3H3,(H,35,38)/t23-,29+,30+/m1/s1. The average Bonchev–Trinajstić information content (AvgIpc) is 3.08. The lowest BCUT2D eigenvalue weighted by atomic mass is 9.95. The van der Waals surface area contributed by atoms with Crippen LogP contribution in [-0.2, 0) is 4.79 Å². The van der Waals surface area contributed by atoms with Gasteiger partial charge in [0.05, 0.1) is 6.04 Å². The first kappa shape index (κ1) is 29.1. The zero-order valence-electron chi connectivity index (χ0n) is 23.3. The van der Waals surface area contributed by atoms with Gasteiger partial charge in [-0.15, -0.1) is 0 Å². The molecule has 4 rings (SSSR count). The molecule has 0 saturated carbocycles. The number of benzene rings is 3. The fraction of sp³-hybridized carbons (Fsp3) is 0.438. The smallest absolute Gasteiger partial charge is 0.251 e. The third-order valence-corrected chi connectivity index (χ3v) is 7.79. The molecule has 0 unspecified atom stereocenters. The van der Waals surface area contributed by atoms with Crippen molar-refractivity contribution >= 4 is 34.2 Å². The zero-order valence-corrected chi connectivity index (χ0v) is 24.0. The minimum absolute atomic E-state index is 0.00279. The van der Waals surface area contributed by atoms with Gasteiger partial charge < -0.3 is 20.9 Å². The Bertz CT molecular complexity index is 1250. The molecule has 3 aromatic rings. The molecular formula is C32H41ClN4O2. The number of hydrogen-bond donors (Lipinski definition) is 3. The van der Waals surface area contributed by atoms with Crippen molar-refractivity contribution in [3.63, 3.8) is 0 Å². The maximum absolute atomic E-state index is 13.7. The van der Waals surface area contributed by atoms with Crippen LogP contribution in [0.5, 0.6) is 0 Å². The van der Waals surface area contributed by atoms with Crippen LogP contribution in [0.4, 0.5) is 0 Å². The van der Waals surface area contributed by atoms with E-state index < -0.39 is 0 Å². The number of hydrogen-bond acceptors (Lipinski definition) is 4. The molecule has 3 N–H and O–H groups in total. The normalized spacial score (nSPS) is 18.8. The van der Waals surface area contributed by atoms with E-state index in [-0.39, 0.29) is 23.9 Å². The fourth-order valence-corrected chi connectivity index (χ4v) is 5.46. The highest BCUT2D eigenvalue weighted by atomic mass is 35.5. The highest BCUT2D eigenvalue weighted by molar-refractivity contribution is 6.31. The summed E-state index contributed by atoms with van der Waals surface area (Å²) in [4.78, 5) is 28.8. The molecule has 1 aliphatic rings. The van der Waals surface area contributed by atoms with Gasteiger partial charge in [-0.25, -0.2) is 0 Å². The van der Waals surface area contributed by atoms with Crippen molar-refractivity contribution in [2.24, 2.45) is 0 Å². The topological polar surface area (TPSA) is 73.5 Å². The van der Waals surface area contributed by atoms with Crippen LogP contribution in [0.2, 0.25) is 5.02 Å². The lowest BCUT2D eigenvalue weighted by Crippen LogP contribution is -2.50. The van der Waals surface area contributed by atoms with E-state index in [4.69, 9.17) is 11.6 Å². The summed E-state index contributed by atoms with van der Waals surface area (Å²) in [5, 5.41) is 12.8. The molecule has 1 aliphatic heterocycles. The van der Waals surface area contributed by atoms with Crippen molar-refractivity contribution in [2.45, 2.75) is 64.1 Å². The van der Waals surface area contributed by atoms with E-state index in [1.807, 2.05) is 47.4 Å². The van der Waals surface area contributed by atoms with E-state index in [1.54, 1.807) is 0 Å². The molecule has 0 radical (unpaired) electrons. The largest absolute Gasteiger partial charge is 0.350 e. The van der Waals surface area contributed by atoms with Gasteiger partial charge >= 0.3 is 0 Å². The van der Waals surface area contributed by atoms with Gasteiger partial charge in [0, 0.05) is 48.2 Å². The van der Waals surface area contributed by atoms with Gasteiger partial charge in [-0.05, 0) is 66.4 Å². The Morgan fingerprint density at radius 2 is 1.82 bits per heavy atom. The quantitative estimate of drug-likeness (QED) is 0.301. The van der Waals surface area contributed by atoms with Crippen LogP contribution >= 0.6 is 11.6 Å². The van der Waals surface area contributed by atoms with E-state index >= 15 is 0 Å². The van der Waals surface area contributed by atoms with Gasteiger partial charge in [0.2, 0.25) is 5.91 Å². The minimum Gasteiger partial charge on any atom is -0.350 e. The molecule has 39 heavy (non-hydrogen) atoms. The number of carbonyl (C=O) groups is 2. The zero-order chi connectivity index (χ0) is 27.8. The van der Waals surface area contributed by atoms with Gasteiger partial charge in [-0.2, -0.15) is 0 Å². The van der Waals surface area contributed by atoms with Crippen LogP contribution in [0, 0.1) is 0 Å². The molecule has 2 amide bonds. The monoisotopic (exact) mass is 548 g/mol. The molecule has 208 valence electrons. The summed E-state index contributed by atoms with van der Waals surface area (Å²) < 4.78 is 0. The van der Waals surface area contributed by atoms with Crippen LogP contribution in [0.25, 0.3) is 10.8 Å². The lowest BCUT2D eigenvalue weighted by molar-refractivity contribution is -0.133. The summed E-state index contributed by atoms with van der Waals surface area (Å²) >= 11 is 6.10. The Labute approximate surface area is 237 Å². The van der Waals surface area contributed by atoms with Gasteiger partial charge in [-0.1, -0.05) is 74.8 Å². The molecule has 0 bridgehead atoms. The number of halogens is 1. The molecule has 3 atom stereocenters. The van der Waals surface area contributed by atoms with Crippen molar-refractivity contribution in [1.82, 2.24) is 20.9 Å². The molecular weight excluding hydrogens is 508 g/mol. The second kappa shape index (κ2) is 13.9. The van der Waals surface area contributed by atoms with Crippen LogP contribution in [0.3, 0.4) is 0 Å². The Balaban J connectivity index is 1.43. The maximum atomic E-state index is 13.7. The molecule has 7 heteroatoms. The van der Waals surface area contributed by atoms with E-state index in [9.17, 15) is 9.59 Å². The minimum atomic E-state index is -0.292. The summed E-state index contributed by atoms with van der Waals surface area (Å²) in [7, 11) is 0. The van der Waals surface area contributed by atoms with Crippen LogP contribution in [0.15, 0.2) is 66.7 Å². The van der Waals surface area contributed by atoms with E-state index in [0.717, 1.165) is 30.2 Å². The fourth-order valence-electron chi connectivity index (χ4n) is 5.28. The second-order valence-corrected chi connectivity index (χ2v) is 11.3. The summed E-state index contributed by atoms with van der Waals surface area (Å²) in [5.41, 5.74) is 1.88. The van der Waals surface area contributed by atoms with Gasteiger partial charge in [0.25, 0.3) is 5.91 Å². The first-order valence-electron chi connectivity index (χ1n) is 14.1. The number of nitrogens with one attached hydrogen (secondary N) is 3. The third-order valence-electron chi connectivity index (χ3n) is 7.56. The molecule has 0 aromatic heterocycles. The molecule has 1 saturated heterocycles. The predicted molar refractivity (Wildman–Crippen MR) is 160 cm³/mol. The number of carbonyl (C=O) groups excluding carboxylic acids is 2. The summed E-state index contributed by atoms with van der Waals surface area (Å²) in [6, 6.07) is 21.8. The Kier molecular flexibility index (Phi) is 10.4. The number of fused-ring (bicyclic) bond motifs is 1. The molecule has 0 aliphatic carbocycles. The number of amides is 2. The first-order valence-corrected chi connectivity index (χ1v) is 14.5. The SMILES string of the molecule is CC[C@H](CN1CC[C@@H](CNC(=O)c2ccc3cc(Cl)ccc3c2)N[C@@H](CCNC(C)C)C1=O)c1ccccc1. The van der Waals surface area contributed by atoms with Crippen molar-refractivity contribution in [1.29, 1.82) is 0 Å². The number of nitrogens with zero attached hydrogens (tertiary/aromatic N) is 1. The third kappa shape index (κ3) is 8.04. The maximum Gasteiger partial charge on any atom is 0.251 e. The van der Waals surface area contributed by atoms with E-state index in [0.29, 0.717) is 48.6 Å². The molecule has 3 aromatic carbocycles. The lowest BCUT2D eigenvalue weighted by Gasteiger charge is -2.29. The average molecular weight is 549 g/mol.